The minimum Gasteiger partial charge on any atom is -0.473 e. The maximum atomic E-state index is 12.5. The first-order valence-corrected chi connectivity index (χ1v) is 8.86. The number of rotatable bonds is 4. The standard InChI is InChI=1S/C14H19N5O3S/c1-10-6-13(18-11(2)17-10)22-12-4-3-5-19(8-12)23(20,21)14-7-15-9-16-14/h6-7,9,12H,3-5,8H2,1-2H3,(H,15,16). The molecule has 23 heavy (non-hydrogen) atoms. The van der Waals surface area contributed by atoms with Crippen LogP contribution in [0.1, 0.15) is 24.4 Å². The van der Waals surface area contributed by atoms with E-state index in [1.165, 1.54) is 16.8 Å². The summed E-state index contributed by atoms with van der Waals surface area (Å²) >= 11 is 0. The molecule has 1 atom stereocenters. The third-order valence-electron chi connectivity index (χ3n) is 3.66. The van der Waals surface area contributed by atoms with Gasteiger partial charge in [0.2, 0.25) is 5.88 Å². The van der Waals surface area contributed by atoms with E-state index in [0.29, 0.717) is 24.8 Å². The summed E-state index contributed by atoms with van der Waals surface area (Å²) in [4.78, 5) is 14.9. The Balaban J connectivity index is 1.73. The highest BCUT2D eigenvalue weighted by atomic mass is 32.2. The van der Waals surface area contributed by atoms with Gasteiger partial charge in [-0.2, -0.15) is 9.29 Å². The van der Waals surface area contributed by atoms with Gasteiger partial charge in [-0.1, -0.05) is 0 Å². The largest absolute Gasteiger partial charge is 0.473 e. The fourth-order valence-electron chi connectivity index (χ4n) is 2.66. The molecular formula is C14H19N5O3S. The molecule has 1 aliphatic rings. The van der Waals surface area contributed by atoms with Gasteiger partial charge in [0, 0.05) is 18.3 Å². The molecule has 1 saturated heterocycles. The van der Waals surface area contributed by atoms with Crippen LogP contribution >= 0.6 is 0 Å². The van der Waals surface area contributed by atoms with E-state index in [4.69, 9.17) is 4.74 Å². The fraction of sp³-hybridized carbons (Fsp3) is 0.500. The van der Waals surface area contributed by atoms with E-state index in [2.05, 4.69) is 19.9 Å². The third-order valence-corrected chi connectivity index (χ3v) is 5.45. The molecule has 1 fully saturated rings. The number of aromatic amines is 1. The maximum Gasteiger partial charge on any atom is 0.260 e. The topological polar surface area (TPSA) is 101 Å². The van der Waals surface area contributed by atoms with Crippen molar-refractivity contribution in [1.82, 2.24) is 24.2 Å². The number of ether oxygens (including phenoxy) is 1. The van der Waals surface area contributed by atoms with Gasteiger partial charge in [0.05, 0.1) is 19.1 Å². The zero-order valence-electron chi connectivity index (χ0n) is 13.1. The summed E-state index contributed by atoms with van der Waals surface area (Å²) in [6.45, 7) is 4.44. The summed E-state index contributed by atoms with van der Waals surface area (Å²) in [6, 6.07) is 1.76. The summed E-state index contributed by atoms with van der Waals surface area (Å²) in [6.07, 6.45) is 3.97. The Bertz CT molecular complexity index is 755. The first-order valence-electron chi connectivity index (χ1n) is 7.42. The number of aromatic nitrogens is 4. The SMILES string of the molecule is Cc1cc(OC2CCCN(S(=O)(=O)c3cnc[nH]3)C2)nc(C)n1. The van der Waals surface area contributed by atoms with Crippen LogP contribution in [0.25, 0.3) is 0 Å². The van der Waals surface area contributed by atoms with E-state index in [1.807, 2.05) is 6.92 Å². The molecule has 0 bridgehead atoms. The molecule has 1 N–H and O–H groups in total. The number of hydrogen-bond donors (Lipinski definition) is 1. The van der Waals surface area contributed by atoms with Gasteiger partial charge < -0.3 is 9.72 Å². The lowest BCUT2D eigenvalue weighted by molar-refractivity contribution is 0.124. The van der Waals surface area contributed by atoms with E-state index in [0.717, 1.165) is 18.5 Å². The number of nitrogens with one attached hydrogen (secondary N) is 1. The summed E-state index contributed by atoms with van der Waals surface area (Å²) < 4.78 is 32.4. The molecule has 124 valence electrons. The quantitative estimate of drug-likeness (QED) is 0.895. The van der Waals surface area contributed by atoms with Crippen molar-refractivity contribution in [1.29, 1.82) is 0 Å². The van der Waals surface area contributed by atoms with Crippen LogP contribution in [0.3, 0.4) is 0 Å². The van der Waals surface area contributed by atoms with Crippen molar-refractivity contribution in [2.75, 3.05) is 13.1 Å². The molecular weight excluding hydrogens is 318 g/mol. The van der Waals surface area contributed by atoms with Crippen LogP contribution in [-0.4, -0.2) is 51.9 Å². The van der Waals surface area contributed by atoms with Crippen molar-refractivity contribution in [3.05, 3.63) is 30.1 Å². The Morgan fingerprint density at radius 1 is 1.35 bits per heavy atom. The Hall–Kier alpha value is -2.00. The number of sulfonamides is 1. The van der Waals surface area contributed by atoms with Crippen LogP contribution in [0.4, 0.5) is 0 Å². The second kappa shape index (κ2) is 6.25. The Kier molecular flexibility index (Phi) is 4.31. The zero-order chi connectivity index (χ0) is 16.4. The molecule has 3 heterocycles. The van der Waals surface area contributed by atoms with Crippen molar-refractivity contribution in [2.24, 2.45) is 0 Å². The molecule has 2 aromatic rings. The van der Waals surface area contributed by atoms with Crippen LogP contribution < -0.4 is 4.74 Å². The number of imidazole rings is 1. The smallest absolute Gasteiger partial charge is 0.260 e. The molecule has 0 aliphatic carbocycles. The average Bonchev–Trinajstić information content (AvgIpc) is 3.01. The normalized spacial score (nSPS) is 19.7. The number of hydrogen-bond acceptors (Lipinski definition) is 6. The van der Waals surface area contributed by atoms with Crippen molar-refractivity contribution in [3.8, 4) is 5.88 Å². The first kappa shape index (κ1) is 15.9. The minimum absolute atomic E-state index is 0.104. The summed E-state index contributed by atoms with van der Waals surface area (Å²) in [5.74, 6) is 1.12. The highest BCUT2D eigenvalue weighted by Gasteiger charge is 2.32. The summed E-state index contributed by atoms with van der Waals surface area (Å²) in [7, 11) is -3.56. The molecule has 8 nitrogen and oxygen atoms in total. The van der Waals surface area contributed by atoms with Gasteiger partial charge in [0.25, 0.3) is 10.0 Å². The van der Waals surface area contributed by atoms with Crippen molar-refractivity contribution >= 4 is 10.0 Å². The predicted molar refractivity (Wildman–Crippen MR) is 82.5 cm³/mol. The molecule has 0 spiro atoms. The summed E-state index contributed by atoms with van der Waals surface area (Å²) in [5, 5.41) is 0.104. The Morgan fingerprint density at radius 2 is 2.17 bits per heavy atom. The van der Waals surface area contributed by atoms with Crippen molar-refractivity contribution in [2.45, 2.75) is 37.8 Å². The lowest BCUT2D eigenvalue weighted by atomic mass is 10.1. The van der Waals surface area contributed by atoms with Crippen LogP contribution in [0.15, 0.2) is 23.6 Å². The molecule has 1 unspecified atom stereocenters. The van der Waals surface area contributed by atoms with E-state index in [1.54, 1.807) is 13.0 Å². The first-order chi connectivity index (χ1) is 10.9. The minimum atomic E-state index is -3.56. The Morgan fingerprint density at radius 3 is 2.87 bits per heavy atom. The Labute approximate surface area is 135 Å². The molecule has 0 radical (unpaired) electrons. The van der Waals surface area contributed by atoms with Gasteiger partial charge in [0.15, 0.2) is 5.03 Å². The molecule has 9 heteroatoms. The molecule has 0 aromatic carbocycles. The number of nitrogens with zero attached hydrogens (tertiary/aromatic N) is 4. The monoisotopic (exact) mass is 337 g/mol. The van der Waals surface area contributed by atoms with Crippen LogP contribution in [0, 0.1) is 13.8 Å². The average molecular weight is 337 g/mol. The lowest BCUT2D eigenvalue weighted by Crippen LogP contribution is -2.44. The van der Waals surface area contributed by atoms with Gasteiger partial charge in [0.1, 0.15) is 11.9 Å². The van der Waals surface area contributed by atoms with E-state index >= 15 is 0 Å². The summed E-state index contributed by atoms with van der Waals surface area (Å²) in [5.41, 5.74) is 0.824. The zero-order valence-corrected chi connectivity index (χ0v) is 13.9. The highest BCUT2D eigenvalue weighted by Crippen LogP contribution is 2.22. The second-order valence-corrected chi connectivity index (χ2v) is 7.46. The van der Waals surface area contributed by atoms with Gasteiger partial charge in [-0.05, 0) is 26.7 Å². The molecule has 0 saturated carbocycles. The molecule has 3 rings (SSSR count). The van der Waals surface area contributed by atoms with Gasteiger partial charge in [-0.15, -0.1) is 0 Å². The second-order valence-electron chi connectivity index (χ2n) is 5.56. The molecule has 1 aliphatic heterocycles. The molecule has 2 aromatic heterocycles. The van der Waals surface area contributed by atoms with E-state index in [9.17, 15) is 8.42 Å². The fourth-order valence-corrected chi connectivity index (χ4v) is 4.06. The number of piperidine rings is 1. The van der Waals surface area contributed by atoms with Gasteiger partial charge in [-0.3, -0.25) is 0 Å². The maximum absolute atomic E-state index is 12.5. The number of aryl methyl sites for hydroxylation is 2. The lowest BCUT2D eigenvalue weighted by Gasteiger charge is -2.31. The van der Waals surface area contributed by atoms with Crippen LogP contribution in [0.5, 0.6) is 5.88 Å². The van der Waals surface area contributed by atoms with E-state index in [-0.39, 0.29) is 11.1 Å². The van der Waals surface area contributed by atoms with Crippen molar-refractivity contribution < 1.29 is 13.2 Å². The molecule has 0 amide bonds. The van der Waals surface area contributed by atoms with Crippen LogP contribution in [0.2, 0.25) is 0 Å². The number of H-pyrrole nitrogens is 1. The van der Waals surface area contributed by atoms with Crippen molar-refractivity contribution in [3.63, 3.8) is 0 Å². The van der Waals surface area contributed by atoms with Gasteiger partial charge in [-0.25, -0.2) is 18.4 Å². The van der Waals surface area contributed by atoms with Gasteiger partial charge >= 0.3 is 0 Å². The third kappa shape index (κ3) is 3.50. The van der Waals surface area contributed by atoms with E-state index < -0.39 is 10.0 Å². The highest BCUT2D eigenvalue weighted by molar-refractivity contribution is 7.89. The predicted octanol–water partition coefficient (Wildman–Crippen LogP) is 1.05. The van der Waals surface area contributed by atoms with Crippen LogP contribution in [-0.2, 0) is 10.0 Å².